The van der Waals surface area contributed by atoms with E-state index in [9.17, 15) is 13.6 Å². The van der Waals surface area contributed by atoms with Crippen LogP contribution in [-0.4, -0.2) is 17.2 Å². The Balaban J connectivity index is 2.68. The second kappa shape index (κ2) is 6.26. The van der Waals surface area contributed by atoms with E-state index in [2.05, 4.69) is 0 Å². The van der Waals surface area contributed by atoms with Gasteiger partial charge in [-0.2, -0.15) is 5.26 Å². The number of rotatable bonds is 5. The van der Waals surface area contributed by atoms with Gasteiger partial charge < -0.3 is 5.41 Å². The highest BCUT2D eigenvalue weighted by atomic mass is 32.2. The van der Waals surface area contributed by atoms with Crippen LogP contribution in [0.1, 0.15) is 6.92 Å². The molecule has 1 N–H and O–H groups in total. The third kappa shape index (κ3) is 3.64. The fourth-order valence-corrected chi connectivity index (χ4v) is 2.06. The summed E-state index contributed by atoms with van der Waals surface area (Å²) in [5, 5.41) is 16.0. The molecule has 0 saturated heterocycles. The smallest absolute Gasteiger partial charge is 0.165 e. The van der Waals surface area contributed by atoms with Gasteiger partial charge in [-0.1, -0.05) is 0 Å². The van der Waals surface area contributed by atoms with Gasteiger partial charge >= 0.3 is 0 Å². The number of nitriles is 1. The molecule has 0 amide bonds. The summed E-state index contributed by atoms with van der Waals surface area (Å²) in [6.45, 7) is 1.37. The summed E-state index contributed by atoms with van der Waals surface area (Å²) in [5.74, 6) is -3.11. The number of thioether (sulfide) groups is 1. The Hall–Kier alpha value is -1.74. The Labute approximate surface area is 107 Å². The van der Waals surface area contributed by atoms with E-state index in [1.54, 1.807) is 6.07 Å². The standard InChI is InChI=1S/C12H10F2N2OS/c1-7(16)9(5-15)11(17)6-18-12-3-2-8(13)4-10(12)14/h2-4,9,16H,6H2,1H3. The van der Waals surface area contributed by atoms with Gasteiger partial charge in [-0.05, 0) is 19.1 Å². The second-order valence-corrected chi connectivity index (χ2v) is 4.59. The van der Waals surface area contributed by atoms with E-state index >= 15 is 0 Å². The maximum absolute atomic E-state index is 13.3. The van der Waals surface area contributed by atoms with Crippen LogP contribution in [0.2, 0.25) is 0 Å². The highest BCUT2D eigenvalue weighted by Gasteiger charge is 2.20. The van der Waals surface area contributed by atoms with Gasteiger partial charge in [-0.15, -0.1) is 11.8 Å². The monoisotopic (exact) mass is 268 g/mol. The van der Waals surface area contributed by atoms with E-state index in [0.717, 1.165) is 23.9 Å². The molecule has 0 aliphatic heterocycles. The molecule has 1 unspecified atom stereocenters. The van der Waals surface area contributed by atoms with Crippen molar-refractivity contribution in [1.82, 2.24) is 0 Å². The number of hydrogen-bond donors (Lipinski definition) is 1. The average molecular weight is 268 g/mol. The molecule has 0 aliphatic rings. The van der Waals surface area contributed by atoms with Gasteiger partial charge in [0.05, 0.1) is 11.8 Å². The maximum Gasteiger partial charge on any atom is 0.165 e. The van der Waals surface area contributed by atoms with Crippen LogP contribution in [0.15, 0.2) is 23.1 Å². The van der Waals surface area contributed by atoms with Crippen molar-refractivity contribution in [3.63, 3.8) is 0 Å². The Morgan fingerprint density at radius 2 is 2.22 bits per heavy atom. The predicted octanol–water partition coefficient (Wildman–Crippen LogP) is 2.81. The van der Waals surface area contributed by atoms with Crippen molar-refractivity contribution in [3.05, 3.63) is 29.8 Å². The van der Waals surface area contributed by atoms with Gasteiger partial charge in [0.15, 0.2) is 5.78 Å². The number of ketones is 1. The summed E-state index contributed by atoms with van der Waals surface area (Å²) < 4.78 is 25.9. The van der Waals surface area contributed by atoms with Gasteiger partial charge in [0.2, 0.25) is 0 Å². The van der Waals surface area contributed by atoms with Crippen molar-refractivity contribution in [2.24, 2.45) is 5.92 Å². The SMILES string of the molecule is CC(=N)C(C#N)C(=O)CSc1ccc(F)cc1F. The zero-order chi connectivity index (χ0) is 13.7. The Morgan fingerprint density at radius 3 is 2.72 bits per heavy atom. The summed E-state index contributed by atoms with van der Waals surface area (Å²) in [6, 6.07) is 4.79. The largest absolute Gasteiger partial charge is 0.308 e. The molecular weight excluding hydrogens is 258 g/mol. The van der Waals surface area contributed by atoms with Crippen LogP contribution in [0.3, 0.4) is 0 Å². The minimum Gasteiger partial charge on any atom is -0.308 e. The number of nitrogens with one attached hydrogen (secondary N) is 1. The molecule has 0 bridgehead atoms. The molecule has 6 heteroatoms. The van der Waals surface area contributed by atoms with Crippen LogP contribution in [0.4, 0.5) is 8.78 Å². The number of benzene rings is 1. The van der Waals surface area contributed by atoms with Crippen LogP contribution >= 0.6 is 11.8 Å². The highest BCUT2D eigenvalue weighted by Crippen LogP contribution is 2.23. The normalized spacial score (nSPS) is 11.7. The second-order valence-electron chi connectivity index (χ2n) is 3.57. The predicted molar refractivity (Wildman–Crippen MR) is 64.6 cm³/mol. The van der Waals surface area contributed by atoms with Gasteiger partial charge in [0.1, 0.15) is 17.6 Å². The fraction of sp³-hybridized carbons (Fsp3) is 0.250. The summed E-state index contributed by atoms with van der Waals surface area (Å²) in [5.41, 5.74) is -0.0392. The Bertz CT molecular complexity index is 525. The molecule has 1 aromatic carbocycles. The topological polar surface area (TPSA) is 64.7 Å². The summed E-state index contributed by atoms with van der Waals surface area (Å²) >= 11 is 0.886. The lowest BCUT2D eigenvalue weighted by Crippen LogP contribution is -2.21. The quantitative estimate of drug-likeness (QED) is 0.659. The molecule has 0 aromatic heterocycles. The summed E-state index contributed by atoms with van der Waals surface area (Å²) in [6.07, 6.45) is 0. The lowest BCUT2D eigenvalue weighted by molar-refractivity contribution is -0.117. The Kier molecular flexibility index (Phi) is 4.98. The molecule has 0 heterocycles. The number of Topliss-reactive ketones (excluding diaryl/α,β-unsaturated/α-hetero) is 1. The van der Waals surface area contributed by atoms with Crippen LogP contribution < -0.4 is 0 Å². The molecule has 1 aromatic rings. The molecule has 18 heavy (non-hydrogen) atoms. The van der Waals surface area contributed by atoms with Crippen molar-refractivity contribution in [2.75, 3.05) is 5.75 Å². The van der Waals surface area contributed by atoms with E-state index in [0.29, 0.717) is 0 Å². The first-order valence-corrected chi connectivity index (χ1v) is 5.99. The summed E-state index contributed by atoms with van der Waals surface area (Å²) in [4.78, 5) is 11.7. The van der Waals surface area contributed by atoms with E-state index in [4.69, 9.17) is 10.7 Å². The molecule has 0 spiro atoms. The zero-order valence-corrected chi connectivity index (χ0v) is 10.4. The van der Waals surface area contributed by atoms with Crippen molar-refractivity contribution in [3.8, 4) is 6.07 Å². The minimum atomic E-state index is -1.10. The number of carbonyl (C=O) groups is 1. The van der Waals surface area contributed by atoms with Crippen molar-refractivity contribution >= 4 is 23.3 Å². The van der Waals surface area contributed by atoms with E-state index in [1.165, 1.54) is 13.0 Å². The number of carbonyl (C=O) groups excluding carboxylic acids is 1. The molecule has 0 fully saturated rings. The molecule has 3 nitrogen and oxygen atoms in total. The fourth-order valence-electron chi connectivity index (χ4n) is 1.23. The lowest BCUT2D eigenvalue weighted by atomic mass is 10.0. The number of halogens is 2. The molecule has 1 atom stereocenters. The number of nitrogens with zero attached hydrogens (tertiary/aromatic N) is 1. The van der Waals surface area contributed by atoms with Crippen LogP contribution in [0, 0.1) is 34.3 Å². The van der Waals surface area contributed by atoms with Crippen molar-refractivity contribution in [1.29, 1.82) is 10.7 Å². The van der Waals surface area contributed by atoms with Crippen LogP contribution in [0.5, 0.6) is 0 Å². The lowest BCUT2D eigenvalue weighted by Gasteiger charge is -2.06. The molecule has 0 saturated carbocycles. The molecule has 0 radical (unpaired) electrons. The molecular formula is C12H10F2N2OS. The first kappa shape index (κ1) is 14.3. The van der Waals surface area contributed by atoms with Crippen molar-refractivity contribution < 1.29 is 13.6 Å². The third-order valence-corrected chi connectivity index (χ3v) is 3.22. The van der Waals surface area contributed by atoms with E-state index in [-0.39, 0.29) is 16.4 Å². The highest BCUT2D eigenvalue weighted by molar-refractivity contribution is 8.00. The first-order chi connectivity index (χ1) is 8.45. The van der Waals surface area contributed by atoms with Crippen LogP contribution in [0.25, 0.3) is 0 Å². The van der Waals surface area contributed by atoms with Crippen LogP contribution in [-0.2, 0) is 4.79 Å². The molecule has 94 valence electrons. The molecule has 0 aliphatic carbocycles. The summed E-state index contributed by atoms with van der Waals surface area (Å²) in [7, 11) is 0. The average Bonchev–Trinajstić information content (AvgIpc) is 2.28. The minimum absolute atomic E-state index is 0.0392. The molecule has 1 rings (SSSR count). The van der Waals surface area contributed by atoms with E-state index < -0.39 is 23.3 Å². The Morgan fingerprint density at radius 1 is 1.56 bits per heavy atom. The zero-order valence-electron chi connectivity index (χ0n) is 9.54. The van der Waals surface area contributed by atoms with Gasteiger partial charge in [-0.25, -0.2) is 8.78 Å². The van der Waals surface area contributed by atoms with Crippen molar-refractivity contribution in [2.45, 2.75) is 11.8 Å². The maximum atomic E-state index is 13.3. The first-order valence-electron chi connectivity index (χ1n) is 5.01. The third-order valence-electron chi connectivity index (χ3n) is 2.15. The number of hydrogen-bond acceptors (Lipinski definition) is 4. The van der Waals surface area contributed by atoms with Gasteiger partial charge in [-0.3, -0.25) is 4.79 Å². The van der Waals surface area contributed by atoms with Gasteiger partial charge in [0.25, 0.3) is 0 Å². The van der Waals surface area contributed by atoms with Gasteiger partial charge in [0, 0.05) is 16.7 Å². The van der Waals surface area contributed by atoms with E-state index in [1.807, 2.05) is 0 Å².